The SMILES string of the molecule is Nc1ccc2c(c1Br)C[C@H](Br)C2=O. The number of nitrogens with two attached hydrogens (primary N) is 1. The van der Waals surface area contributed by atoms with E-state index in [-0.39, 0.29) is 10.6 Å². The topological polar surface area (TPSA) is 43.1 Å². The molecule has 0 amide bonds. The fraction of sp³-hybridized carbons (Fsp3) is 0.222. The summed E-state index contributed by atoms with van der Waals surface area (Å²) in [5.74, 6) is 0.149. The van der Waals surface area contributed by atoms with Crippen LogP contribution in [-0.4, -0.2) is 10.6 Å². The van der Waals surface area contributed by atoms with Gasteiger partial charge in [-0.15, -0.1) is 0 Å². The molecule has 0 aromatic heterocycles. The van der Waals surface area contributed by atoms with E-state index in [4.69, 9.17) is 5.73 Å². The molecule has 0 saturated carbocycles. The molecular weight excluding hydrogens is 298 g/mol. The van der Waals surface area contributed by atoms with E-state index in [9.17, 15) is 4.79 Å². The Kier molecular flexibility index (Phi) is 2.20. The number of Topliss-reactive ketones (excluding diaryl/α,β-unsaturated/α-hetero) is 1. The Hall–Kier alpha value is -0.350. The molecule has 0 radical (unpaired) electrons. The Balaban J connectivity index is 2.64. The summed E-state index contributed by atoms with van der Waals surface area (Å²) >= 11 is 6.72. The monoisotopic (exact) mass is 303 g/mol. The molecule has 0 spiro atoms. The molecule has 0 unspecified atom stereocenters. The summed E-state index contributed by atoms with van der Waals surface area (Å²) in [6.07, 6.45) is 0.722. The van der Waals surface area contributed by atoms with Crippen LogP contribution in [0.1, 0.15) is 15.9 Å². The fourth-order valence-corrected chi connectivity index (χ4v) is 2.59. The molecule has 1 aliphatic carbocycles. The summed E-state index contributed by atoms with van der Waals surface area (Å²) < 4.78 is 0.861. The third-order valence-electron chi connectivity index (χ3n) is 2.21. The second-order valence-corrected chi connectivity index (χ2v) is 4.93. The molecule has 2 rings (SSSR count). The molecule has 4 heteroatoms. The van der Waals surface area contributed by atoms with Gasteiger partial charge in [-0.25, -0.2) is 0 Å². The average molecular weight is 305 g/mol. The highest BCUT2D eigenvalue weighted by molar-refractivity contribution is 9.10. The summed E-state index contributed by atoms with van der Waals surface area (Å²) in [4.78, 5) is 11.5. The number of halogens is 2. The molecule has 1 aromatic carbocycles. The minimum atomic E-state index is -0.0828. The van der Waals surface area contributed by atoms with Crippen molar-refractivity contribution in [3.8, 4) is 0 Å². The van der Waals surface area contributed by atoms with Crippen molar-refractivity contribution in [2.24, 2.45) is 0 Å². The standard InChI is InChI=1S/C9H7Br2NO/c10-6-3-5-4(9(6)13)1-2-7(12)8(5)11/h1-2,6H,3,12H2/t6-/m0/s1. The van der Waals surface area contributed by atoms with Crippen molar-refractivity contribution in [2.45, 2.75) is 11.2 Å². The van der Waals surface area contributed by atoms with Gasteiger partial charge in [-0.2, -0.15) is 0 Å². The van der Waals surface area contributed by atoms with Crippen LogP contribution in [0.5, 0.6) is 0 Å². The van der Waals surface area contributed by atoms with Crippen LogP contribution in [0, 0.1) is 0 Å². The first-order chi connectivity index (χ1) is 6.11. The summed E-state index contributed by atoms with van der Waals surface area (Å²) in [5.41, 5.74) is 8.20. The van der Waals surface area contributed by atoms with Crippen LogP contribution in [0.4, 0.5) is 5.69 Å². The van der Waals surface area contributed by atoms with Gasteiger partial charge in [0.15, 0.2) is 5.78 Å². The molecular formula is C9H7Br2NO. The lowest BCUT2D eigenvalue weighted by Crippen LogP contribution is -2.05. The Morgan fingerprint density at radius 2 is 2.15 bits per heavy atom. The third kappa shape index (κ3) is 1.32. The second kappa shape index (κ2) is 3.10. The van der Waals surface area contributed by atoms with Gasteiger partial charge in [0.1, 0.15) is 0 Å². The quantitative estimate of drug-likeness (QED) is 0.591. The highest BCUT2D eigenvalue weighted by Gasteiger charge is 2.30. The van der Waals surface area contributed by atoms with Gasteiger partial charge >= 0.3 is 0 Å². The third-order valence-corrected chi connectivity index (χ3v) is 3.88. The van der Waals surface area contributed by atoms with Gasteiger partial charge in [-0.05, 0) is 40.0 Å². The molecule has 0 heterocycles. The maximum Gasteiger partial charge on any atom is 0.177 e. The lowest BCUT2D eigenvalue weighted by atomic mass is 10.1. The number of hydrogen-bond acceptors (Lipinski definition) is 2. The largest absolute Gasteiger partial charge is 0.398 e. The van der Waals surface area contributed by atoms with Crippen LogP contribution < -0.4 is 5.73 Å². The number of nitrogen functional groups attached to an aromatic ring is 1. The molecule has 1 atom stereocenters. The van der Waals surface area contributed by atoms with E-state index in [2.05, 4.69) is 31.9 Å². The van der Waals surface area contributed by atoms with E-state index in [1.807, 2.05) is 0 Å². The van der Waals surface area contributed by atoms with Crippen molar-refractivity contribution >= 4 is 43.3 Å². The summed E-state index contributed by atoms with van der Waals surface area (Å²) in [5, 5.41) is 0. The maximum atomic E-state index is 11.6. The van der Waals surface area contributed by atoms with Crippen molar-refractivity contribution in [2.75, 3.05) is 5.73 Å². The summed E-state index contributed by atoms with van der Waals surface area (Å²) in [6.45, 7) is 0. The molecule has 0 saturated heterocycles. The zero-order valence-corrected chi connectivity index (χ0v) is 9.85. The zero-order chi connectivity index (χ0) is 9.59. The highest BCUT2D eigenvalue weighted by Crippen LogP contribution is 2.35. The molecule has 0 aliphatic heterocycles. The van der Waals surface area contributed by atoms with E-state index >= 15 is 0 Å². The molecule has 68 valence electrons. The molecule has 1 aliphatic rings. The zero-order valence-electron chi connectivity index (χ0n) is 6.68. The highest BCUT2D eigenvalue weighted by atomic mass is 79.9. The Morgan fingerprint density at radius 1 is 1.46 bits per heavy atom. The Labute approximate surface area is 92.8 Å². The Bertz CT molecular complexity index is 389. The average Bonchev–Trinajstić information content (AvgIpc) is 2.38. The second-order valence-electron chi connectivity index (χ2n) is 3.03. The van der Waals surface area contributed by atoms with Gasteiger partial charge in [0, 0.05) is 15.7 Å². The number of rotatable bonds is 0. The van der Waals surface area contributed by atoms with Crippen molar-refractivity contribution in [1.29, 1.82) is 0 Å². The van der Waals surface area contributed by atoms with E-state index in [0.29, 0.717) is 5.69 Å². The molecule has 13 heavy (non-hydrogen) atoms. The van der Waals surface area contributed by atoms with Crippen LogP contribution >= 0.6 is 31.9 Å². The molecule has 2 N–H and O–H groups in total. The molecule has 0 fully saturated rings. The first-order valence-corrected chi connectivity index (χ1v) is 5.57. The number of hydrogen-bond donors (Lipinski definition) is 1. The first-order valence-electron chi connectivity index (χ1n) is 3.86. The number of anilines is 1. The molecule has 0 bridgehead atoms. The van der Waals surface area contributed by atoms with Crippen molar-refractivity contribution < 1.29 is 4.79 Å². The van der Waals surface area contributed by atoms with Crippen LogP contribution in [-0.2, 0) is 6.42 Å². The molecule has 2 nitrogen and oxygen atoms in total. The lowest BCUT2D eigenvalue weighted by Gasteiger charge is -2.03. The van der Waals surface area contributed by atoms with E-state index in [1.165, 1.54) is 0 Å². The Morgan fingerprint density at radius 3 is 2.85 bits per heavy atom. The minimum absolute atomic E-state index is 0.0828. The van der Waals surface area contributed by atoms with Gasteiger partial charge in [0.2, 0.25) is 0 Å². The number of alkyl halides is 1. The van der Waals surface area contributed by atoms with Gasteiger partial charge < -0.3 is 5.73 Å². The van der Waals surface area contributed by atoms with Gasteiger partial charge in [-0.3, -0.25) is 4.79 Å². The number of fused-ring (bicyclic) bond motifs is 1. The van der Waals surface area contributed by atoms with Crippen molar-refractivity contribution in [1.82, 2.24) is 0 Å². The summed E-state index contributed by atoms with van der Waals surface area (Å²) in [6, 6.07) is 3.55. The van der Waals surface area contributed by atoms with Crippen LogP contribution in [0.3, 0.4) is 0 Å². The fourth-order valence-electron chi connectivity index (χ4n) is 1.51. The van der Waals surface area contributed by atoms with Crippen LogP contribution in [0.25, 0.3) is 0 Å². The van der Waals surface area contributed by atoms with E-state index in [0.717, 1.165) is 22.0 Å². The number of carbonyl (C=O) groups excluding carboxylic acids is 1. The van der Waals surface area contributed by atoms with E-state index < -0.39 is 0 Å². The van der Waals surface area contributed by atoms with Gasteiger partial charge in [0.25, 0.3) is 0 Å². The van der Waals surface area contributed by atoms with Crippen LogP contribution in [0.15, 0.2) is 16.6 Å². The van der Waals surface area contributed by atoms with E-state index in [1.54, 1.807) is 12.1 Å². The maximum absolute atomic E-state index is 11.6. The van der Waals surface area contributed by atoms with Crippen molar-refractivity contribution in [3.63, 3.8) is 0 Å². The molecule has 1 aromatic rings. The van der Waals surface area contributed by atoms with Crippen LogP contribution in [0.2, 0.25) is 0 Å². The predicted molar refractivity (Wildman–Crippen MR) is 59.3 cm³/mol. The lowest BCUT2D eigenvalue weighted by molar-refractivity contribution is 0.100. The number of carbonyl (C=O) groups is 1. The summed E-state index contributed by atoms with van der Waals surface area (Å²) in [7, 11) is 0. The van der Waals surface area contributed by atoms with Gasteiger partial charge in [0.05, 0.1) is 4.83 Å². The number of ketones is 1. The normalized spacial score (nSPS) is 20.5. The van der Waals surface area contributed by atoms with Gasteiger partial charge in [-0.1, -0.05) is 15.9 Å². The van der Waals surface area contributed by atoms with Crippen molar-refractivity contribution in [3.05, 3.63) is 27.7 Å². The smallest absolute Gasteiger partial charge is 0.177 e. The minimum Gasteiger partial charge on any atom is -0.398 e. The number of benzene rings is 1. The first kappa shape index (κ1) is 9.21. The predicted octanol–water partition coefficient (Wildman–Crippen LogP) is 2.53.